The lowest BCUT2D eigenvalue weighted by molar-refractivity contribution is 0.186. The Balaban J connectivity index is 1.91. The molecular formula is C14H24N4O2. The Morgan fingerprint density at radius 1 is 1.40 bits per heavy atom. The van der Waals surface area contributed by atoms with Gasteiger partial charge < -0.3 is 19.9 Å². The van der Waals surface area contributed by atoms with E-state index < -0.39 is 0 Å². The zero-order chi connectivity index (χ0) is 14.4. The van der Waals surface area contributed by atoms with Crippen molar-refractivity contribution in [2.75, 3.05) is 26.3 Å². The van der Waals surface area contributed by atoms with Crippen molar-refractivity contribution in [3.63, 3.8) is 0 Å². The van der Waals surface area contributed by atoms with Gasteiger partial charge in [0.2, 0.25) is 0 Å². The number of aromatic nitrogens is 1. The highest BCUT2D eigenvalue weighted by Gasteiger charge is 2.15. The van der Waals surface area contributed by atoms with Crippen molar-refractivity contribution in [1.29, 1.82) is 0 Å². The Morgan fingerprint density at radius 2 is 2.25 bits per heavy atom. The number of guanidine groups is 1. The van der Waals surface area contributed by atoms with Crippen LogP contribution >= 0.6 is 0 Å². The van der Waals surface area contributed by atoms with Crippen LogP contribution in [0, 0.1) is 19.8 Å². The van der Waals surface area contributed by atoms with Crippen LogP contribution in [0.25, 0.3) is 0 Å². The molecule has 2 rings (SSSR count). The molecule has 0 amide bonds. The van der Waals surface area contributed by atoms with E-state index in [0.717, 1.165) is 55.7 Å². The second kappa shape index (κ2) is 7.28. The van der Waals surface area contributed by atoms with Gasteiger partial charge in [0.05, 0.1) is 18.8 Å². The van der Waals surface area contributed by atoms with Gasteiger partial charge in [-0.2, -0.15) is 0 Å². The minimum absolute atomic E-state index is 0.581. The predicted molar refractivity (Wildman–Crippen MR) is 77.7 cm³/mol. The van der Waals surface area contributed by atoms with Crippen LogP contribution in [0.5, 0.6) is 0 Å². The van der Waals surface area contributed by atoms with E-state index in [9.17, 15) is 0 Å². The molecule has 1 saturated heterocycles. The first-order chi connectivity index (χ1) is 9.70. The molecule has 2 N–H and O–H groups in total. The Kier molecular flexibility index (Phi) is 5.40. The summed E-state index contributed by atoms with van der Waals surface area (Å²) in [7, 11) is 0. The van der Waals surface area contributed by atoms with E-state index in [2.05, 4.69) is 27.7 Å². The summed E-state index contributed by atoms with van der Waals surface area (Å²) in [4.78, 5) is 4.59. The average Bonchev–Trinajstić information content (AvgIpc) is 3.05. The molecule has 1 fully saturated rings. The van der Waals surface area contributed by atoms with E-state index in [1.165, 1.54) is 0 Å². The minimum Gasteiger partial charge on any atom is -0.381 e. The normalized spacial score (nSPS) is 19.4. The first kappa shape index (κ1) is 14.8. The van der Waals surface area contributed by atoms with Gasteiger partial charge in [-0.05, 0) is 27.2 Å². The molecule has 2 heterocycles. The molecule has 6 heteroatoms. The number of ether oxygens (including phenoxy) is 1. The van der Waals surface area contributed by atoms with Crippen LogP contribution in [0.4, 0.5) is 0 Å². The van der Waals surface area contributed by atoms with Crippen molar-refractivity contribution in [2.24, 2.45) is 10.9 Å². The van der Waals surface area contributed by atoms with Gasteiger partial charge in [0.25, 0.3) is 0 Å². The molecule has 0 spiro atoms. The van der Waals surface area contributed by atoms with Gasteiger partial charge in [0.1, 0.15) is 5.76 Å². The molecule has 0 saturated carbocycles. The molecule has 1 aromatic rings. The summed E-state index contributed by atoms with van der Waals surface area (Å²) >= 11 is 0. The maximum absolute atomic E-state index is 5.38. The zero-order valence-corrected chi connectivity index (χ0v) is 12.5. The van der Waals surface area contributed by atoms with Gasteiger partial charge in [-0.1, -0.05) is 5.16 Å². The third kappa shape index (κ3) is 3.96. The Bertz CT molecular complexity index is 431. The van der Waals surface area contributed by atoms with Crippen LogP contribution in [-0.2, 0) is 11.3 Å². The van der Waals surface area contributed by atoms with Crippen LogP contribution in [0.2, 0.25) is 0 Å². The predicted octanol–water partition coefficient (Wildman–Crippen LogP) is 1.38. The number of aliphatic imine (C=N–C) groups is 1. The van der Waals surface area contributed by atoms with Crippen LogP contribution in [0.3, 0.4) is 0 Å². The maximum Gasteiger partial charge on any atom is 0.191 e. The molecule has 1 aliphatic rings. The van der Waals surface area contributed by atoms with E-state index >= 15 is 0 Å². The first-order valence-corrected chi connectivity index (χ1v) is 7.22. The van der Waals surface area contributed by atoms with E-state index in [1.807, 2.05) is 13.8 Å². The molecular weight excluding hydrogens is 256 g/mol. The molecule has 0 bridgehead atoms. The second-order valence-electron chi connectivity index (χ2n) is 5.11. The molecule has 0 aliphatic carbocycles. The zero-order valence-electron chi connectivity index (χ0n) is 12.5. The highest BCUT2D eigenvalue weighted by atomic mass is 16.5. The van der Waals surface area contributed by atoms with Crippen molar-refractivity contribution < 1.29 is 9.26 Å². The second-order valence-corrected chi connectivity index (χ2v) is 5.11. The number of rotatable bonds is 5. The standard InChI is InChI=1S/C14H24N4O2/c1-4-15-14(16-7-12-5-6-19-9-12)17-8-13-10(2)18-20-11(13)3/h12H,4-9H2,1-3H3,(H2,15,16,17). The summed E-state index contributed by atoms with van der Waals surface area (Å²) in [5.74, 6) is 2.25. The smallest absolute Gasteiger partial charge is 0.191 e. The van der Waals surface area contributed by atoms with Crippen LogP contribution < -0.4 is 10.6 Å². The van der Waals surface area contributed by atoms with Crippen molar-refractivity contribution >= 4 is 5.96 Å². The monoisotopic (exact) mass is 280 g/mol. The van der Waals surface area contributed by atoms with Crippen molar-refractivity contribution in [3.05, 3.63) is 17.0 Å². The fourth-order valence-electron chi connectivity index (χ4n) is 2.21. The number of nitrogens with one attached hydrogen (secondary N) is 2. The topological polar surface area (TPSA) is 71.7 Å². The molecule has 20 heavy (non-hydrogen) atoms. The van der Waals surface area contributed by atoms with Crippen molar-refractivity contribution in [1.82, 2.24) is 15.8 Å². The largest absolute Gasteiger partial charge is 0.381 e. The van der Waals surface area contributed by atoms with Gasteiger partial charge in [-0.3, -0.25) is 0 Å². The third-order valence-electron chi connectivity index (χ3n) is 3.50. The van der Waals surface area contributed by atoms with Gasteiger partial charge in [-0.25, -0.2) is 4.99 Å². The molecule has 1 unspecified atom stereocenters. The number of nitrogens with zero attached hydrogens (tertiary/aromatic N) is 2. The number of hydrogen-bond acceptors (Lipinski definition) is 4. The summed E-state index contributed by atoms with van der Waals surface area (Å²) in [6.45, 7) is 9.96. The number of hydrogen-bond donors (Lipinski definition) is 2. The summed E-state index contributed by atoms with van der Waals surface area (Å²) in [5.41, 5.74) is 1.97. The lowest BCUT2D eigenvalue weighted by atomic mass is 10.1. The summed E-state index contributed by atoms with van der Waals surface area (Å²) in [6.07, 6.45) is 1.12. The molecule has 0 radical (unpaired) electrons. The van der Waals surface area contributed by atoms with Crippen LogP contribution in [-0.4, -0.2) is 37.4 Å². The highest BCUT2D eigenvalue weighted by molar-refractivity contribution is 5.79. The van der Waals surface area contributed by atoms with E-state index in [-0.39, 0.29) is 0 Å². The van der Waals surface area contributed by atoms with Crippen LogP contribution in [0.15, 0.2) is 9.52 Å². The quantitative estimate of drug-likeness (QED) is 0.630. The molecule has 1 aliphatic heterocycles. The molecule has 112 valence electrons. The van der Waals surface area contributed by atoms with Gasteiger partial charge >= 0.3 is 0 Å². The van der Waals surface area contributed by atoms with E-state index in [0.29, 0.717) is 12.5 Å². The van der Waals surface area contributed by atoms with Gasteiger partial charge in [0.15, 0.2) is 5.96 Å². The average molecular weight is 280 g/mol. The summed E-state index contributed by atoms with van der Waals surface area (Å²) in [6, 6.07) is 0. The SMILES string of the molecule is CCNC(=NCc1c(C)noc1C)NCC1CCOC1. The van der Waals surface area contributed by atoms with E-state index in [4.69, 9.17) is 9.26 Å². The maximum atomic E-state index is 5.38. The van der Waals surface area contributed by atoms with Crippen LogP contribution in [0.1, 0.15) is 30.4 Å². The summed E-state index contributed by atoms with van der Waals surface area (Å²) < 4.78 is 10.5. The highest BCUT2D eigenvalue weighted by Crippen LogP contribution is 2.13. The number of aryl methyl sites for hydroxylation is 2. The Hall–Kier alpha value is -1.56. The molecule has 6 nitrogen and oxygen atoms in total. The third-order valence-corrected chi connectivity index (χ3v) is 3.50. The lowest BCUT2D eigenvalue weighted by Gasteiger charge is -2.14. The van der Waals surface area contributed by atoms with Crippen molar-refractivity contribution in [2.45, 2.75) is 33.7 Å². The molecule has 1 atom stereocenters. The van der Waals surface area contributed by atoms with Crippen molar-refractivity contribution in [3.8, 4) is 0 Å². The fourth-order valence-corrected chi connectivity index (χ4v) is 2.21. The minimum atomic E-state index is 0.581. The molecule has 0 aromatic carbocycles. The Labute approximate surface area is 120 Å². The Morgan fingerprint density at radius 3 is 2.85 bits per heavy atom. The van der Waals surface area contributed by atoms with Gasteiger partial charge in [-0.15, -0.1) is 0 Å². The molecule has 1 aromatic heterocycles. The first-order valence-electron chi connectivity index (χ1n) is 7.22. The fraction of sp³-hybridized carbons (Fsp3) is 0.714. The lowest BCUT2D eigenvalue weighted by Crippen LogP contribution is -2.40. The van der Waals surface area contributed by atoms with Gasteiger partial charge in [0, 0.05) is 31.2 Å². The van der Waals surface area contributed by atoms with E-state index in [1.54, 1.807) is 0 Å². The summed E-state index contributed by atoms with van der Waals surface area (Å²) in [5, 5.41) is 10.6.